The van der Waals surface area contributed by atoms with Gasteiger partial charge in [0.2, 0.25) is 0 Å². The summed E-state index contributed by atoms with van der Waals surface area (Å²) >= 11 is 0. The van der Waals surface area contributed by atoms with Crippen LogP contribution in [0.4, 0.5) is 5.82 Å². The van der Waals surface area contributed by atoms with Gasteiger partial charge >= 0.3 is 0 Å². The summed E-state index contributed by atoms with van der Waals surface area (Å²) in [6.07, 6.45) is 5.66. The maximum absolute atomic E-state index is 5.61. The average Bonchev–Trinajstić information content (AvgIpc) is 2.66. The van der Waals surface area contributed by atoms with Crippen LogP contribution in [0.15, 0.2) is 24.7 Å². The van der Waals surface area contributed by atoms with Crippen LogP contribution in [-0.2, 0) is 6.54 Å². The molecule has 4 nitrogen and oxygen atoms in total. The molecule has 78 valence electrons. The fraction of sp³-hybridized carbons (Fsp3) is 0.273. The lowest BCUT2D eigenvalue weighted by atomic mass is 10.1. The van der Waals surface area contributed by atoms with Gasteiger partial charge in [0.1, 0.15) is 5.82 Å². The smallest absolute Gasteiger partial charge is 0.123 e. The minimum Gasteiger partial charge on any atom is -0.384 e. The Bertz CT molecular complexity index is 473. The third kappa shape index (κ3) is 1.83. The van der Waals surface area contributed by atoms with Crippen LogP contribution < -0.4 is 5.73 Å². The van der Waals surface area contributed by atoms with Crippen molar-refractivity contribution in [2.75, 3.05) is 5.73 Å². The number of aromatic nitrogens is 3. The van der Waals surface area contributed by atoms with E-state index in [2.05, 4.69) is 17.0 Å². The van der Waals surface area contributed by atoms with E-state index in [-0.39, 0.29) is 0 Å². The van der Waals surface area contributed by atoms with Gasteiger partial charge in [-0.3, -0.25) is 4.68 Å². The molecular weight excluding hydrogens is 188 g/mol. The highest BCUT2D eigenvalue weighted by Crippen LogP contribution is 2.22. The molecule has 2 N–H and O–H groups in total. The number of nitrogen functional groups attached to an aromatic ring is 1. The summed E-state index contributed by atoms with van der Waals surface area (Å²) in [7, 11) is 0. The first kappa shape index (κ1) is 9.71. The molecule has 0 aliphatic heterocycles. The number of anilines is 1. The van der Waals surface area contributed by atoms with Crippen LogP contribution in [-0.4, -0.2) is 14.8 Å². The second kappa shape index (κ2) is 3.73. The van der Waals surface area contributed by atoms with Crippen LogP contribution in [0.1, 0.15) is 12.5 Å². The van der Waals surface area contributed by atoms with E-state index in [9.17, 15) is 0 Å². The Kier molecular flexibility index (Phi) is 2.41. The van der Waals surface area contributed by atoms with Gasteiger partial charge in [-0.1, -0.05) is 0 Å². The van der Waals surface area contributed by atoms with Crippen LogP contribution >= 0.6 is 0 Å². The highest BCUT2D eigenvalue weighted by molar-refractivity contribution is 5.66. The fourth-order valence-corrected chi connectivity index (χ4v) is 1.56. The monoisotopic (exact) mass is 202 g/mol. The molecule has 0 saturated carbocycles. The lowest BCUT2D eigenvalue weighted by Crippen LogP contribution is -1.93. The quantitative estimate of drug-likeness (QED) is 0.808. The number of nitrogens with two attached hydrogens (primary N) is 1. The normalized spacial score (nSPS) is 10.5. The third-order valence-electron chi connectivity index (χ3n) is 2.40. The predicted octanol–water partition coefficient (Wildman–Crippen LogP) is 1.86. The molecule has 2 heterocycles. The van der Waals surface area contributed by atoms with Gasteiger partial charge in [-0.25, -0.2) is 4.98 Å². The molecule has 0 bridgehead atoms. The molecule has 0 unspecified atom stereocenters. The lowest BCUT2D eigenvalue weighted by Gasteiger charge is -2.02. The maximum Gasteiger partial charge on any atom is 0.123 e. The Morgan fingerprint density at radius 3 is 2.80 bits per heavy atom. The Hall–Kier alpha value is -1.84. The highest BCUT2D eigenvalue weighted by atomic mass is 15.3. The van der Waals surface area contributed by atoms with Crippen molar-refractivity contribution in [2.24, 2.45) is 0 Å². The second-order valence-corrected chi connectivity index (χ2v) is 3.51. The molecule has 2 rings (SSSR count). The summed E-state index contributed by atoms with van der Waals surface area (Å²) in [5.74, 6) is 0.555. The Morgan fingerprint density at radius 2 is 2.20 bits per heavy atom. The van der Waals surface area contributed by atoms with E-state index in [1.54, 1.807) is 6.20 Å². The zero-order chi connectivity index (χ0) is 10.8. The molecule has 2 aromatic heterocycles. The largest absolute Gasteiger partial charge is 0.384 e. The summed E-state index contributed by atoms with van der Waals surface area (Å²) < 4.78 is 1.89. The molecule has 15 heavy (non-hydrogen) atoms. The van der Waals surface area contributed by atoms with Crippen molar-refractivity contribution < 1.29 is 0 Å². The molecule has 0 fully saturated rings. The molecule has 2 aromatic rings. The molecular formula is C11H14N4. The average molecular weight is 202 g/mol. The van der Waals surface area contributed by atoms with Crippen molar-refractivity contribution in [2.45, 2.75) is 20.4 Å². The van der Waals surface area contributed by atoms with Crippen molar-refractivity contribution in [3.8, 4) is 11.1 Å². The van der Waals surface area contributed by atoms with E-state index >= 15 is 0 Å². The molecule has 0 spiro atoms. The highest BCUT2D eigenvalue weighted by Gasteiger charge is 2.05. The number of nitrogens with zero attached hydrogens (tertiary/aromatic N) is 3. The Labute approximate surface area is 88.8 Å². The summed E-state index contributed by atoms with van der Waals surface area (Å²) in [6.45, 7) is 4.96. The summed E-state index contributed by atoms with van der Waals surface area (Å²) in [4.78, 5) is 4.09. The number of aryl methyl sites for hydroxylation is 2. The SMILES string of the molecule is CCn1cc(-c2cnc(N)cc2C)cn1. The predicted molar refractivity (Wildman–Crippen MR) is 60.3 cm³/mol. The van der Waals surface area contributed by atoms with Gasteiger partial charge < -0.3 is 5.73 Å². The van der Waals surface area contributed by atoms with Crippen LogP contribution in [0.3, 0.4) is 0 Å². The van der Waals surface area contributed by atoms with Gasteiger partial charge in [0.25, 0.3) is 0 Å². The summed E-state index contributed by atoms with van der Waals surface area (Å²) in [5, 5.41) is 4.23. The van der Waals surface area contributed by atoms with E-state index in [0.717, 1.165) is 23.2 Å². The van der Waals surface area contributed by atoms with Crippen molar-refractivity contribution in [1.29, 1.82) is 0 Å². The van der Waals surface area contributed by atoms with E-state index < -0.39 is 0 Å². The zero-order valence-corrected chi connectivity index (χ0v) is 8.94. The van der Waals surface area contributed by atoms with Crippen LogP contribution in [0, 0.1) is 6.92 Å². The van der Waals surface area contributed by atoms with Crippen LogP contribution in [0.25, 0.3) is 11.1 Å². The number of rotatable bonds is 2. The van der Waals surface area contributed by atoms with Gasteiger partial charge in [0.05, 0.1) is 6.20 Å². The number of hydrogen-bond donors (Lipinski definition) is 1. The topological polar surface area (TPSA) is 56.7 Å². The van der Waals surface area contributed by atoms with Gasteiger partial charge in [-0.05, 0) is 25.5 Å². The van der Waals surface area contributed by atoms with Crippen molar-refractivity contribution in [1.82, 2.24) is 14.8 Å². The molecule has 0 amide bonds. The minimum atomic E-state index is 0.555. The molecule has 0 saturated heterocycles. The van der Waals surface area contributed by atoms with E-state index in [0.29, 0.717) is 5.82 Å². The maximum atomic E-state index is 5.61. The first-order chi connectivity index (χ1) is 7.20. The lowest BCUT2D eigenvalue weighted by molar-refractivity contribution is 0.660. The van der Waals surface area contributed by atoms with Gasteiger partial charge in [-0.15, -0.1) is 0 Å². The van der Waals surface area contributed by atoms with Crippen molar-refractivity contribution in [3.05, 3.63) is 30.2 Å². The van der Waals surface area contributed by atoms with E-state index in [4.69, 9.17) is 5.73 Å². The fourth-order valence-electron chi connectivity index (χ4n) is 1.56. The first-order valence-electron chi connectivity index (χ1n) is 4.95. The molecule has 0 radical (unpaired) electrons. The molecule has 4 heteroatoms. The van der Waals surface area contributed by atoms with Gasteiger partial charge in [0, 0.05) is 30.1 Å². The third-order valence-corrected chi connectivity index (χ3v) is 2.40. The molecule has 0 aromatic carbocycles. The Morgan fingerprint density at radius 1 is 1.40 bits per heavy atom. The molecule has 0 aliphatic rings. The van der Waals surface area contributed by atoms with Gasteiger partial charge in [-0.2, -0.15) is 5.10 Å². The molecule has 0 atom stereocenters. The first-order valence-corrected chi connectivity index (χ1v) is 4.95. The van der Waals surface area contributed by atoms with Gasteiger partial charge in [0.15, 0.2) is 0 Å². The summed E-state index contributed by atoms with van der Waals surface area (Å²) in [6, 6.07) is 1.87. The molecule has 0 aliphatic carbocycles. The van der Waals surface area contributed by atoms with Crippen LogP contribution in [0.5, 0.6) is 0 Å². The van der Waals surface area contributed by atoms with Crippen molar-refractivity contribution in [3.63, 3.8) is 0 Å². The second-order valence-electron chi connectivity index (χ2n) is 3.51. The number of hydrogen-bond acceptors (Lipinski definition) is 3. The minimum absolute atomic E-state index is 0.555. The van der Waals surface area contributed by atoms with Crippen molar-refractivity contribution >= 4 is 5.82 Å². The van der Waals surface area contributed by atoms with Crippen LogP contribution in [0.2, 0.25) is 0 Å². The summed E-state index contributed by atoms with van der Waals surface area (Å²) in [5.41, 5.74) is 8.90. The van der Waals surface area contributed by atoms with E-state index in [1.807, 2.05) is 30.1 Å². The van der Waals surface area contributed by atoms with E-state index in [1.165, 1.54) is 0 Å². The number of pyridine rings is 1. The standard InChI is InChI=1S/C11H14N4/c1-3-15-7-9(5-14-15)10-6-13-11(12)4-8(10)2/h4-7H,3H2,1-2H3,(H2,12,13). The zero-order valence-electron chi connectivity index (χ0n) is 8.94. The Balaban J connectivity index is 2.44.